The van der Waals surface area contributed by atoms with Gasteiger partial charge in [-0.2, -0.15) is 0 Å². The minimum Gasteiger partial charge on any atom is -0.480 e. The summed E-state index contributed by atoms with van der Waals surface area (Å²) in [6.07, 6.45) is 4.50. The molecule has 124 valence electrons. The van der Waals surface area contributed by atoms with Crippen LogP contribution < -0.4 is 5.32 Å². The molecule has 1 aliphatic rings. The van der Waals surface area contributed by atoms with Crippen molar-refractivity contribution in [3.8, 4) is 0 Å². The van der Waals surface area contributed by atoms with E-state index in [1.807, 2.05) is 0 Å². The Kier molecular flexibility index (Phi) is 6.23. The van der Waals surface area contributed by atoms with E-state index in [1.54, 1.807) is 0 Å². The SMILES string of the molecule is CCCNC1(C(=O)O)CCCC(N(C)C(C)C(C)(C)C)C1. The maximum Gasteiger partial charge on any atom is 0.323 e. The second-order valence-electron chi connectivity index (χ2n) is 7.77. The van der Waals surface area contributed by atoms with Crippen LogP contribution in [0.25, 0.3) is 0 Å². The first-order valence-corrected chi connectivity index (χ1v) is 8.34. The topological polar surface area (TPSA) is 52.6 Å². The predicted octanol–water partition coefficient (Wildman–Crippen LogP) is 3.12. The molecule has 1 fully saturated rings. The summed E-state index contributed by atoms with van der Waals surface area (Å²) in [6, 6.07) is 0.770. The summed E-state index contributed by atoms with van der Waals surface area (Å²) in [6.45, 7) is 11.8. The van der Waals surface area contributed by atoms with Crippen LogP contribution >= 0.6 is 0 Å². The summed E-state index contributed by atoms with van der Waals surface area (Å²) in [7, 11) is 2.15. The number of rotatable bonds is 6. The van der Waals surface area contributed by atoms with Gasteiger partial charge < -0.3 is 15.3 Å². The van der Waals surface area contributed by atoms with Gasteiger partial charge in [-0.25, -0.2) is 0 Å². The van der Waals surface area contributed by atoms with Gasteiger partial charge in [-0.05, 0) is 58.0 Å². The molecule has 0 bridgehead atoms. The van der Waals surface area contributed by atoms with Gasteiger partial charge in [0.15, 0.2) is 0 Å². The molecule has 0 saturated heterocycles. The zero-order valence-corrected chi connectivity index (χ0v) is 14.7. The molecule has 4 heteroatoms. The van der Waals surface area contributed by atoms with Crippen molar-refractivity contribution in [3.05, 3.63) is 0 Å². The Balaban J connectivity index is 2.84. The molecule has 2 N–H and O–H groups in total. The number of nitrogens with one attached hydrogen (secondary N) is 1. The van der Waals surface area contributed by atoms with Crippen molar-refractivity contribution in [3.63, 3.8) is 0 Å². The molecule has 21 heavy (non-hydrogen) atoms. The lowest BCUT2D eigenvalue weighted by molar-refractivity contribution is -0.147. The third-order valence-corrected chi connectivity index (χ3v) is 5.29. The Labute approximate surface area is 130 Å². The monoisotopic (exact) mass is 298 g/mol. The summed E-state index contributed by atoms with van der Waals surface area (Å²) in [5, 5.41) is 13.1. The average Bonchev–Trinajstić information content (AvgIpc) is 2.42. The quantitative estimate of drug-likeness (QED) is 0.791. The van der Waals surface area contributed by atoms with Gasteiger partial charge in [0.05, 0.1) is 0 Å². The fourth-order valence-corrected chi connectivity index (χ4v) is 3.32. The molecule has 0 radical (unpaired) electrons. The second kappa shape index (κ2) is 7.10. The first-order valence-electron chi connectivity index (χ1n) is 8.34. The number of aliphatic carboxylic acids is 1. The highest BCUT2D eigenvalue weighted by Crippen LogP contribution is 2.34. The summed E-state index contributed by atoms with van der Waals surface area (Å²) in [4.78, 5) is 14.2. The van der Waals surface area contributed by atoms with Crippen LogP contribution in [-0.4, -0.2) is 47.2 Å². The lowest BCUT2D eigenvalue weighted by Gasteiger charge is -2.46. The van der Waals surface area contributed by atoms with Gasteiger partial charge in [0.25, 0.3) is 0 Å². The van der Waals surface area contributed by atoms with Crippen LogP contribution in [0.15, 0.2) is 0 Å². The molecular formula is C17H34N2O2. The number of nitrogens with zero attached hydrogens (tertiary/aromatic N) is 1. The van der Waals surface area contributed by atoms with Gasteiger partial charge in [0, 0.05) is 12.1 Å². The molecule has 0 aromatic carbocycles. The summed E-state index contributed by atoms with van der Waals surface area (Å²) in [5.74, 6) is -0.683. The number of carboxylic acids is 1. The van der Waals surface area contributed by atoms with E-state index in [1.165, 1.54) is 0 Å². The van der Waals surface area contributed by atoms with E-state index in [4.69, 9.17) is 0 Å². The number of carbonyl (C=O) groups is 1. The maximum absolute atomic E-state index is 11.8. The minimum atomic E-state index is -0.731. The molecule has 0 heterocycles. The highest BCUT2D eigenvalue weighted by atomic mass is 16.4. The third-order valence-electron chi connectivity index (χ3n) is 5.29. The van der Waals surface area contributed by atoms with Crippen molar-refractivity contribution >= 4 is 5.97 Å². The number of hydrogen-bond acceptors (Lipinski definition) is 3. The van der Waals surface area contributed by atoms with Gasteiger partial charge in [0.1, 0.15) is 5.54 Å². The van der Waals surface area contributed by atoms with Gasteiger partial charge in [-0.1, -0.05) is 27.7 Å². The molecule has 1 aliphatic carbocycles. The number of carboxylic acid groups (broad SMARTS) is 1. The Morgan fingerprint density at radius 1 is 1.48 bits per heavy atom. The number of hydrogen-bond donors (Lipinski definition) is 2. The highest BCUT2D eigenvalue weighted by Gasteiger charge is 2.44. The second-order valence-corrected chi connectivity index (χ2v) is 7.77. The zero-order chi connectivity index (χ0) is 16.3. The Bertz CT molecular complexity index is 351. The van der Waals surface area contributed by atoms with Crippen molar-refractivity contribution < 1.29 is 9.90 Å². The molecular weight excluding hydrogens is 264 g/mol. The standard InChI is InChI=1S/C17H34N2O2/c1-7-11-18-17(15(20)21)10-8-9-14(12-17)19(6)13(2)16(3,4)5/h13-14,18H,7-12H2,1-6H3,(H,20,21). The van der Waals surface area contributed by atoms with Crippen molar-refractivity contribution in [2.75, 3.05) is 13.6 Å². The third kappa shape index (κ3) is 4.43. The molecule has 3 unspecified atom stereocenters. The Morgan fingerprint density at radius 3 is 2.57 bits per heavy atom. The van der Waals surface area contributed by atoms with Crippen LogP contribution in [0.4, 0.5) is 0 Å². The molecule has 0 amide bonds. The first-order chi connectivity index (χ1) is 9.64. The van der Waals surface area contributed by atoms with E-state index in [9.17, 15) is 9.90 Å². The van der Waals surface area contributed by atoms with E-state index in [2.05, 4.69) is 51.9 Å². The zero-order valence-electron chi connectivity index (χ0n) is 14.7. The largest absolute Gasteiger partial charge is 0.480 e. The van der Waals surface area contributed by atoms with Gasteiger partial charge in [-0.15, -0.1) is 0 Å². The molecule has 1 saturated carbocycles. The predicted molar refractivity (Wildman–Crippen MR) is 87.6 cm³/mol. The van der Waals surface area contributed by atoms with Crippen molar-refractivity contribution in [1.29, 1.82) is 0 Å². The van der Waals surface area contributed by atoms with Crippen molar-refractivity contribution in [2.45, 2.75) is 84.3 Å². The lowest BCUT2D eigenvalue weighted by atomic mass is 9.76. The van der Waals surface area contributed by atoms with E-state index in [0.29, 0.717) is 18.5 Å². The van der Waals surface area contributed by atoms with Crippen LogP contribution in [0.1, 0.15) is 66.7 Å². The normalized spacial score (nSPS) is 28.6. The van der Waals surface area contributed by atoms with Gasteiger partial charge in [0.2, 0.25) is 0 Å². The van der Waals surface area contributed by atoms with E-state index >= 15 is 0 Å². The summed E-state index contributed by atoms with van der Waals surface area (Å²) in [5.41, 5.74) is -0.528. The van der Waals surface area contributed by atoms with E-state index in [-0.39, 0.29) is 5.41 Å². The van der Waals surface area contributed by atoms with Crippen LogP contribution in [0.3, 0.4) is 0 Å². The van der Waals surface area contributed by atoms with Crippen molar-refractivity contribution in [1.82, 2.24) is 10.2 Å². The van der Waals surface area contributed by atoms with Crippen LogP contribution in [0.2, 0.25) is 0 Å². The molecule has 1 rings (SSSR count). The summed E-state index contributed by atoms with van der Waals surface area (Å²) >= 11 is 0. The molecule has 0 aliphatic heterocycles. The van der Waals surface area contributed by atoms with E-state index < -0.39 is 11.5 Å². The maximum atomic E-state index is 11.8. The molecule has 0 spiro atoms. The van der Waals surface area contributed by atoms with Crippen LogP contribution in [0.5, 0.6) is 0 Å². The average molecular weight is 298 g/mol. The molecule has 4 nitrogen and oxygen atoms in total. The summed E-state index contributed by atoms with van der Waals surface area (Å²) < 4.78 is 0. The molecule has 0 aromatic heterocycles. The minimum absolute atomic E-state index is 0.203. The Hall–Kier alpha value is -0.610. The molecule has 0 aromatic rings. The van der Waals surface area contributed by atoms with Crippen molar-refractivity contribution in [2.24, 2.45) is 5.41 Å². The Morgan fingerprint density at radius 2 is 2.10 bits per heavy atom. The smallest absolute Gasteiger partial charge is 0.323 e. The van der Waals surface area contributed by atoms with E-state index in [0.717, 1.165) is 32.2 Å². The van der Waals surface area contributed by atoms with Crippen LogP contribution in [0, 0.1) is 5.41 Å². The molecule has 3 atom stereocenters. The van der Waals surface area contributed by atoms with Crippen LogP contribution in [-0.2, 0) is 4.79 Å². The first kappa shape index (κ1) is 18.4. The van der Waals surface area contributed by atoms with Gasteiger partial charge in [-0.3, -0.25) is 4.79 Å². The fourth-order valence-electron chi connectivity index (χ4n) is 3.32. The fraction of sp³-hybridized carbons (Fsp3) is 0.941. The highest BCUT2D eigenvalue weighted by molar-refractivity contribution is 5.79. The lowest BCUT2D eigenvalue weighted by Crippen LogP contribution is -2.59. The van der Waals surface area contributed by atoms with Gasteiger partial charge >= 0.3 is 5.97 Å².